The molecule has 1 saturated carbocycles. The van der Waals surface area contributed by atoms with Gasteiger partial charge in [-0.05, 0) is 30.9 Å². The lowest BCUT2D eigenvalue weighted by atomic mass is 10.1. The Labute approximate surface area is 146 Å². The Kier molecular flexibility index (Phi) is 3.77. The molecule has 0 aliphatic heterocycles. The van der Waals surface area contributed by atoms with Gasteiger partial charge in [0.05, 0.1) is 11.1 Å². The van der Waals surface area contributed by atoms with Crippen LogP contribution in [0.4, 0.5) is 4.39 Å². The largest absolute Gasteiger partial charge is 0.341 e. The van der Waals surface area contributed by atoms with Crippen molar-refractivity contribution in [3.8, 4) is 0 Å². The molecule has 0 saturated heterocycles. The summed E-state index contributed by atoms with van der Waals surface area (Å²) in [5.41, 5.74) is 0. The number of nitrogens with zero attached hydrogens (tertiary/aromatic N) is 3. The second-order valence-corrected chi connectivity index (χ2v) is 7.32. The normalized spacial score (nSPS) is 15.6. The maximum absolute atomic E-state index is 14.0. The number of aromatic nitrogens is 3. The minimum atomic E-state index is -0.417. The van der Waals surface area contributed by atoms with Gasteiger partial charge in [-0.1, -0.05) is 17.7 Å². The molecule has 0 radical (unpaired) electrons. The number of carbonyl (C=O) groups is 1. The highest BCUT2D eigenvalue weighted by molar-refractivity contribution is 7.21. The van der Waals surface area contributed by atoms with Crippen molar-refractivity contribution in [1.82, 2.24) is 20.1 Å². The van der Waals surface area contributed by atoms with E-state index in [2.05, 4.69) is 15.4 Å². The summed E-state index contributed by atoms with van der Waals surface area (Å²) >= 11 is 7.46. The number of fused-ring (bicyclic) bond motifs is 1. The van der Waals surface area contributed by atoms with Gasteiger partial charge in [0.1, 0.15) is 22.8 Å². The van der Waals surface area contributed by atoms with Crippen LogP contribution in [0, 0.1) is 11.7 Å². The van der Waals surface area contributed by atoms with Crippen molar-refractivity contribution in [2.24, 2.45) is 13.0 Å². The maximum Gasteiger partial charge on any atom is 0.263 e. The maximum atomic E-state index is 14.0. The molecule has 5 nitrogen and oxygen atoms in total. The van der Waals surface area contributed by atoms with E-state index >= 15 is 0 Å². The third-order valence-corrected chi connectivity index (χ3v) is 5.86. The SMILES string of the molecule is Cn1ncnc1[C@H](NC(=O)c1sc2cccc(F)c2c1Cl)C1CC1. The molecule has 0 bridgehead atoms. The number of hydrogen-bond acceptors (Lipinski definition) is 4. The molecule has 1 N–H and O–H groups in total. The van der Waals surface area contributed by atoms with Gasteiger partial charge in [0.2, 0.25) is 0 Å². The van der Waals surface area contributed by atoms with E-state index in [1.165, 1.54) is 23.7 Å². The molecule has 1 aliphatic rings. The van der Waals surface area contributed by atoms with Crippen LogP contribution in [0.15, 0.2) is 24.5 Å². The lowest BCUT2D eigenvalue weighted by Crippen LogP contribution is -2.31. The number of nitrogens with one attached hydrogen (secondary N) is 1. The third-order valence-electron chi connectivity index (χ3n) is 4.22. The Morgan fingerprint density at radius 1 is 1.50 bits per heavy atom. The topological polar surface area (TPSA) is 59.8 Å². The number of thiophene rings is 1. The molecule has 1 aromatic carbocycles. The summed E-state index contributed by atoms with van der Waals surface area (Å²) in [6.45, 7) is 0. The van der Waals surface area contributed by atoms with E-state index in [1.807, 2.05) is 0 Å². The Balaban J connectivity index is 1.67. The summed E-state index contributed by atoms with van der Waals surface area (Å²) in [5.74, 6) is 0.344. The van der Waals surface area contributed by atoms with Gasteiger partial charge in [0, 0.05) is 17.1 Å². The summed E-state index contributed by atoms with van der Waals surface area (Å²) in [6, 6.07) is 4.50. The number of halogens is 2. The van der Waals surface area contributed by atoms with Crippen molar-refractivity contribution in [1.29, 1.82) is 0 Å². The predicted molar refractivity (Wildman–Crippen MR) is 90.7 cm³/mol. The Bertz CT molecular complexity index is 933. The molecule has 0 unspecified atom stereocenters. The van der Waals surface area contributed by atoms with Crippen molar-refractivity contribution < 1.29 is 9.18 Å². The highest BCUT2D eigenvalue weighted by Crippen LogP contribution is 2.41. The van der Waals surface area contributed by atoms with E-state index in [4.69, 9.17) is 11.6 Å². The molecular weight excluding hydrogens is 351 g/mol. The second-order valence-electron chi connectivity index (χ2n) is 5.89. The van der Waals surface area contributed by atoms with Crippen LogP contribution in [0.5, 0.6) is 0 Å². The van der Waals surface area contributed by atoms with Crippen LogP contribution in [0.25, 0.3) is 10.1 Å². The van der Waals surface area contributed by atoms with Gasteiger partial charge in [-0.15, -0.1) is 11.3 Å². The molecule has 2 heterocycles. The Morgan fingerprint density at radius 3 is 2.92 bits per heavy atom. The smallest absolute Gasteiger partial charge is 0.263 e. The second kappa shape index (κ2) is 5.82. The van der Waals surface area contributed by atoms with Gasteiger partial charge >= 0.3 is 0 Å². The van der Waals surface area contributed by atoms with Gasteiger partial charge in [0.15, 0.2) is 0 Å². The van der Waals surface area contributed by atoms with Gasteiger partial charge < -0.3 is 5.32 Å². The van der Waals surface area contributed by atoms with Gasteiger partial charge in [-0.2, -0.15) is 5.10 Å². The average Bonchev–Trinajstić information content (AvgIpc) is 3.22. The van der Waals surface area contributed by atoms with Crippen LogP contribution in [0.3, 0.4) is 0 Å². The minimum absolute atomic E-state index is 0.165. The van der Waals surface area contributed by atoms with Crippen LogP contribution >= 0.6 is 22.9 Å². The molecule has 1 amide bonds. The summed E-state index contributed by atoms with van der Waals surface area (Å²) in [7, 11) is 1.80. The fourth-order valence-electron chi connectivity index (χ4n) is 2.83. The fraction of sp³-hybridized carbons (Fsp3) is 0.312. The monoisotopic (exact) mass is 364 g/mol. The lowest BCUT2D eigenvalue weighted by Gasteiger charge is -2.17. The number of rotatable bonds is 4. The number of benzene rings is 1. The average molecular weight is 365 g/mol. The van der Waals surface area contributed by atoms with Crippen LogP contribution in [-0.2, 0) is 7.05 Å². The van der Waals surface area contributed by atoms with Crippen LogP contribution in [0.2, 0.25) is 5.02 Å². The van der Waals surface area contributed by atoms with Crippen molar-refractivity contribution in [2.75, 3.05) is 0 Å². The zero-order chi connectivity index (χ0) is 16.8. The van der Waals surface area contributed by atoms with Crippen molar-refractivity contribution >= 4 is 38.9 Å². The van der Waals surface area contributed by atoms with E-state index in [0.717, 1.165) is 12.8 Å². The number of aryl methyl sites for hydroxylation is 1. The Morgan fingerprint density at radius 2 is 2.29 bits per heavy atom. The summed E-state index contributed by atoms with van der Waals surface area (Å²) in [6.07, 6.45) is 3.54. The van der Waals surface area contributed by atoms with E-state index in [9.17, 15) is 9.18 Å². The molecule has 1 fully saturated rings. The molecule has 1 aliphatic carbocycles. The third kappa shape index (κ3) is 2.57. The van der Waals surface area contributed by atoms with E-state index in [-0.39, 0.29) is 17.0 Å². The molecule has 1 atom stereocenters. The first-order valence-corrected chi connectivity index (χ1v) is 8.77. The Hall–Kier alpha value is -1.99. The van der Waals surface area contributed by atoms with E-state index in [1.54, 1.807) is 23.9 Å². The van der Waals surface area contributed by atoms with Gasteiger partial charge in [-0.25, -0.2) is 9.37 Å². The lowest BCUT2D eigenvalue weighted by molar-refractivity contribution is 0.0933. The first-order valence-electron chi connectivity index (χ1n) is 7.57. The number of carbonyl (C=O) groups excluding carboxylic acids is 1. The quantitative estimate of drug-likeness (QED) is 0.767. The van der Waals surface area contributed by atoms with E-state index in [0.29, 0.717) is 26.7 Å². The molecular formula is C16H14ClFN4OS. The molecule has 4 rings (SSSR count). The first-order chi connectivity index (χ1) is 11.6. The fourth-order valence-corrected chi connectivity index (χ4v) is 4.29. The first kappa shape index (κ1) is 15.5. The standard InChI is InChI=1S/C16H14ClFN4OS/c1-22-15(19-7-20-22)13(8-5-6-8)21-16(23)14-12(17)11-9(18)3-2-4-10(11)24-14/h2-4,7-8,13H,5-6H2,1H3,(H,21,23)/t13-/m1/s1. The summed E-state index contributed by atoms with van der Waals surface area (Å²) in [5, 5.41) is 7.54. The molecule has 2 aromatic heterocycles. The number of amides is 1. The molecule has 124 valence electrons. The van der Waals surface area contributed by atoms with Crippen LogP contribution in [-0.4, -0.2) is 20.7 Å². The van der Waals surface area contributed by atoms with Gasteiger partial charge in [0.25, 0.3) is 5.91 Å². The number of hydrogen-bond donors (Lipinski definition) is 1. The van der Waals surface area contributed by atoms with Crippen LogP contribution < -0.4 is 5.32 Å². The summed E-state index contributed by atoms with van der Waals surface area (Å²) in [4.78, 5) is 17.3. The summed E-state index contributed by atoms with van der Waals surface area (Å²) < 4.78 is 16.3. The van der Waals surface area contributed by atoms with E-state index < -0.39 is 5.82 Å². The molecule has 0 spiro atoms. The van der Waals surface area contributed by atoms with Crippen molar-refractivity contribution in [2.45, 2.75) is 18.9 Å². The predicted octanol–water partition coefficient (Wildman–Crippen LogP) is 3.70. The zero-order valence-corrected chi connectivity index (χ0v) is 14.4. The highest BCUT2D eigenvalue weighted by atomic mass is 35.5. The zero-order valence-electron chi connectivity index (χ0n) is 12.8. The van der Waals surface area contributed by atoms with Crippen molar-refractivity contribution in [3.63, 3.8) is 0 Å². The minimum Gasteiger partial charge on any atom is -0.341 e. The molecule has 8 heteroatoms. The van der Waals surface area contributed by atoms with Crippen LogP contribution in [0.1, 0.15) is 34.4 Å². The van der Waals surface area contributed by atoms with Crippen molar-refractivity contribution in [3.05, 3.63) is 46.1 Å². The van der Waals surface area contributed by atoms with Gasteiger partial charge in [-0.3, -0.25) is 9.48 Å². The molecule has 3 aromatic rings. The molecule has 24 heavy (non-hydrogen) atoms. The highest BCUT2D eigenvalue weighted by Gasteiger charge is 2.36.